The molecule has 0 radical (unpaired) electrons. The first kappa shape index (κ1) is 18.8. The molecule has 22 heavy (non-hydrogen) atoms. The minimum absolute atomic E-state index is 0.0186. The lowest BCUT2D eigenvalue weighted by atomic mass is 10.2. The van der Waals surface area contributed by atoms with Gasteiger partial charge in [0.05, 0.1) is 0 Å². The standard InChI is InChI=1S/C12H21N2O7P/c1-5-12(6-2,22(17,18)19)21-11(20-4)14-7-8(3)9(15)13-10(14)16/h7,11H,5-6H2,1-4H3,(H,13,15,16)(H2,17,18,19). The highest BCUT2D eigenvalue weighted by Gasteiger charge is 2.47. The number of rotatable bonds is 7. The maximum absolute atomic E-state index is 11.9. The van der Waals surface area contributed by atoms with Gasteiger partial charge in [-0.15, -0.1) is 0 Å². The number of nitrogens with zero attached hydrogens (tertiary/aromatic N) is 1. The number of ether oxygens (including phenoxy) is 2. The Morgan fingerprint density at radius 3 is 2.32 bits per heavy atom. The van der Waals surface area contributed by atoms with Crippen molar-refractivity contribution in [2.75, 3.05) is 7.11 Å². The van der Waals surface area contributed by atoms with Crippen LogP contribution in [0.1, 0.15) is 38.7 Å². The Hall–Kier alpha value is -1.25. The van der Waals surface area contributed by atoms with Crippen molar-refractivity contribution in [3.8, 4) is 0 Å². The monoisotopic (exact) mass is 336 g/mol. The summed E-state index contributed by atoms with van der Waals surface area (Å²) >= 11 is 0. The molecule has 126 valence electrons. The molecule has 0 aliphatic carbocycles. The largest absolute Gasteiger partial charge is 0.357 e. The van der Waals surface area contributed by atoms with Gasteiger partial charge in [0.2, 0.25) is 6.41 Å². The molecule has 10 heteroatoms. The normalized spacial score (nSPS) is 14.1. The first-order chi connectivity index (χ1) is 10.1. The average molecular weight is 336 g/mol. The van der Waals surface area contributed by atoms with Gasteiger partial charge in [-0.3, -0.25) is 14.3 Å². The Bertz CT molecular complexity index is 671. The molecule has 9 nitrogen and oxygen atoms in total. The van der Waals surface area contributed by atoms with Crippen molar-refractivity contribution in [2.24, 2.45) is 0 Å². The van der Waals surface area contributed by atoms with E-state index < -0.39 is 30.6 Å². The summed E-state index contributed by atoms with van der Waals surface area (Å²) < 4.78 is 23.2. The van der Waals surface area contributed by atoms with Gasteiger partial charge in [-0.05, 0) is 19.8 Å². The summed E-state index contributed by atoms with van der Waals surface area (Å²) in [6.45, 7) is 4.61. The SMILES string of the molecule is CCC(CC)(OC(OC)n1cc(C)c(=O)[nH]c1=O)P(=O)(O)O. The Kier molecular flexibility index (Phi) is 5.89. The molecule has 0 amide bonds. The molecule has 0 saturated carbocycles. The molecule has 0 aromatic carbocycles. The van der Waals surface area contributed by atoms with Crippen molar-refractivity contribution in [1.29, 1.82) is 0 Å². The zero-order valence-electron chi connectivity index (χ0n) is 12.9. The molecular weight excluding hydrogens is 315 g/mol. The molecule has 0 fully saturated rings. The van der Waals surface area contributed by atoms with Crippen LogP contribution in [0.5, 0.6) is 0 Å². The maximum atomic E-state index is 11.9. The van der Waals surface area contributed by atoms with E-state index in [2.05, 4.69) is 4.98 Å². The molecule has 0 saturated heterocycles. The lowest BCUT2D eigenvalue weighted by molar-refractivity contribution is -0.224. The molecule has 1 rings (SSSR count). The summed E-state index contributed by atoms with van der Waals surface area (Å²) in [4.78, 5) is 44.5. The van der Waals surface area contributed by atoms with E-state index in [1.54, 1.807) is 13.8 Å². The smallest absolute Gasteiger partial charge is 0.338 e. The average Bonchev–Trinajstić information content (AvgIpc) is 2.44. The highest BCUT2D eigenvalue weighted by atomic mass is 31.2. The second-order valence-corrected chi connectivity index (χ2v) is 6.74. The van der Waals surface area contributed by atoms with Crippen molar-refractivity contribution in [3.63, 3.8) is 0 Å². The summed E-state index contributed by atoms with van der Waals surface area (Å²) in [5.74, 6) is 0. The zero-order chi connectivity index (χ0) is 17.1. The first-order valence-corrected chi connectivity index (χ1v) is 8.31. The van der Waals surface area contributed by atoms with E-state index >= 15 is 0 Å². The number of H-pyrrole nitrogens is 1. The van der Waals surface area contributed by atoms with E-state index in [-0.39, 0.29) is 18.4 Å². The highest BCUT2D eigenvalue weighted by molar-refractivity contribution is 7.53. The third-order valence-electron chi connectivity index (χ3n) is 3.53. The Morgan fingerprint density at radius 1 is 1.36 bits per heavy atom. The fourth-order valence-corrected chi connectivity index (χ4v) is 3.10. The molecule has 0 bridgehead atoms. The van der Waals surface area contributed by atoms with Crippen LogP contribution in [0, 0.1) is 6.92 Å². The van der Waals surface area contributed by atoms with Gasteiger partial charge in [-0.2, -0.15) is 0 Å². The van der Waals surface area contributed by atoms with Gasteiger partial charge in [-0.25, -0.2) is 9.36 Å². The van der Waals surface area contributed by atoms with Crippen molar-refractivity contribution >= 4 is 7.60 Å². The lowest BCUT2D eigenvalue weighted by Crippen LogP contribution is -2.40. The topological polar surface area (TPSA) is 131 Å². The maximum Gasteiger partial charge on any atom is 0.357 e. The third kappa shape index (κ3) is 3.56. The highest BCUT2D eigenvalue weighted by Crippen LogP contribution is 2.56. The molecule has 0 spiro atoms. The molecular formula is C12H21N2O7P. The predicted molar refractivity (Wildman–Crippen MR) is 78.5 cm³/mol. The van der Waals surface area contributed by atoms with Gasteiger partial charge in [-0.1, -0.05) is 13.8 Å². The van der Waals surface area contributed by atoms with Crippen molar-refractivity contribution in [1.82, 2.24) is 9.55 Å². The minimum Gasteiger partial charge on any atom is -0.338 e. The second kappa shape index (κ2) is 6.89. The Balaban J connectivity index is 3.33. The van der Waals surface area contributed by atoms with Gasteiger partial charge in [0.15, 0.2) is 5.34 Å². The van der Waals surface area contributed by atoms with Crippen LogP contribution < -0.4 is 11.2 Å². The molecule has 1 heterocycles. The van der Waals surface area contributed by atoms with Gasteiger partial charge in [0.1, 0.15) is 0 Å². The summed E-state index contributed by atoms with van der Waals surface area (Å²) in [6.07, 6.45) is -0.129. The number of aryl methyl sites for hydroxylation is 1. The van der Waals surface area contributed by atoms with Crippen LogP contribution in [0.3, 0.4) is 0 Å². The second-order valence-electron chi connectivity index (χ2n) is 4.84. The van der Waals surface area contributed by atoms with Gasteiger partial charge in [0.25, 0.3) is 5.56 Å². The molecule has 3 N–H and O–H groups in total. The Morgan fingerprint density at radius 2 is 1.91 bits per heavy atom. The van der Waals surface area contributed by atoms with E-state index in [1.165, 1.54) is 20.2 Å². The van der Waals surface area contributed by atoms with Crippen LogP contribution in [-0.2, 0) is 14.0 Å². The van der Waals surface area contributed by atoms with Crippen LogP contribution in [0.4, 0.5) is 0 Å². The fourth-order valence-electron chi connectivity index (χ4n) is 2.05. The number of aromatic nitrogens is 2. The lowest BCUT2D eigenvalue weighted by Gasteiger charge is -2.35. The van der Waals surface area contributed by atoms with Gasteiger partial charge < -0.3 is 19.3 Å². The molecule has 1 aromatic rings. The minimum atomic E-state index is -4.62. The summed E-state index contributed by atoms with van der Waals surface area (Å²) in [6, 6.07) is 0. The molecule has 1 unspecified atom stereocenters. The summed E-state index contributed by atoms with van der Waals surface area (Å²) in [5, 5.41) is -1.78. The summed E-state index contributed by atoms with van der Waals surface area (Å²) in [5.41, 5.74) is -1.11. The van der Waals surface area contributed by atoms with Crippen LogP contribution in [0.2, 0.25) is 0 Å². The molecule has 0 aliphatic rings. The van der Waals surface area contributed by atoms with Crippen LogP contribution in [0.25, 0.3) is 0 Å². The number of hydrogen-bond donors (Lipinski definition) is 3. The van der Waals surface area contributed by atoms with E-state index in [0.29, 0.717) is 0 Å². The van der Waals surface area contributed by atoms with E-state index in [0.717, 1.165) is 4.57 Å². The van der Waals surface area contributed by atoms with Crippen LogP contribution in [-0.4, -0.2) is 31.8 Å². The summed E-state index contributed by atoms with van der Waals surface area (Å²) in [7, 11) is -3.39. The van der Waals surface area contributed by atoms with Crippen molar-refractivity contribution in [2.45, 2.75) is 45.4 Å². The first-order valence-electron chi connectivity index (χ1n) is 6.70. The molecule has 1 atom stereocenters. The quantitative estimate of drug-likeness (QED) is 0.492. The van der Waals surface area contributed by atoms with Crippen LogP contribution in [0.15, 0.2) is 15.8 Å². The van der Waals surface area contributed by atoms with Gasteiger partial charge in [0, 0.05) is 18.9 Å². The molecule has 0 aliphatic heterocycles. The zero-order valence-corrected chi connectivity index (χ0v) is 13.8. The molecule has 1 aromatic heterocycles. The number of nitrogens with one attached hydrogen (secondary N) is 1. The van der Waals surface area contributed by atoms with Crippen molar-refractivity contribution < 1.29 is 23.8 Å². The number of methoxy groups -OCH3 is 1. The van der Waals surface area contributed by atoms with E-state index in [9.17, 15) is 23.9 Å². The predicted octanol–water partition coefficient (Wildman–Crippen LogP) is 0.658. The third-order valence-corrected chi connectivity index (χ3v) is 5.33. The Labute approximate surface area is 127 Å². The fraction of sp³-hybridized carbons (Fsp3) is 0.667. The van der Waals surface area contributed by atoms with E-state index in [4.69, 9.17) is 9.47 Å². The van der Waals surface area contributed by atoms with Crippen molar-refractivity contribution in [3.05, 3.63) is 32.6 Å². The number of aromatic amines is 1. The van der Waals surface area contributed by atoms with E-state index in [1.807, 2.05) is 0 Å². The van der Waals surface area contributed by atoms with Gasteiger partial charge >= 0.3 is 13.3 Å². The number of hydrogen-bond acceptors (Lipinski definition) is 5. The van der Waals surface area contributed by atoms with Crippen LogP contribution >= 0.6 is 7.60 Å².